The van der Waals surface area contributed by atoms with Gasteiger partial charge in [-0.05, 0) is 0 Å². The largest absolute Gasteiger partial charge is 0.344 e. The third-order valence-electron chi connectivity index (χ3n) is 1.93. The monoisotopic (exact) mass is 143 g/mol. The van der Waals surface area contributed by atoms with Gasteiger partial charge in [-0.25, -0.2) is 0 Å². The molecular weight excluding hydrogens is 128 g/mol. The van der Waals surface area contributed by atoms with Crippen molar-refractivity contribution in [2.75, 3.05) is 20.6 Å². The quantitative estimate of drug-likeness (QED) is 0.492. The molecule has 1 heterocycles. The van der Waals surface area contributed by atoms with Gasteiger partial charge in [0.15, 0.2) is 6.04 Å². The Morgan fingerprint density at radius 3 is 2.70 bits per heavy atom. The Kier molecular flexibility index (Phi) is 2.27. The molecular formula is C7H15N2O+. The highest BCUT2D eigenvalue weighted by atomic mass is 16.2. The molecule has 0 bridgehead atoms. The molecule has 0 aliphatic carbocycles. The summed E-state index contributed by atoms with van der Waals surface area (Å²) in [7, 11) is 3.63. The van der Waals surface area contributed by atoms with Crippen molar-refractivity contribution in [2.45, 2.75) is 18.9 Å². The van der Waals surface area contributed by atoms with Crippen LogP contribution in [0.25, 0.3) is 0 Å². The standard InChI is InChI=1S/C7H14N2O/c1-9(2)7(10)6-4-3-5-8-6/h6,8H,3-5H2,1-2H3/p+1/t6-/m0/s1. The van der Waals surface area contributed by atoms with E-state index in [2.05, 4.69) is 5.32 Å². The number of rotatable bonds is 1. The molecule has 1 atom stereocenters. The van der Waals surface area contributed by atoms with Crippen LogP contribution < -0.4 is 5.32 Å². The zero-order valence-corrected chi connectivity index (χ0v) is 6.63. The summed E-state index contributed by atoms with van der Waals surface area (Å²) in [5.74, 6) is 0.262. The Morgan fingerprint density at radius 2 is 2.30 bits per heavy atom. The second-order valence-corrected chi connectivity index (χ2v) is 3.01. The number of carbonyl (C=O) groups excluding carboxylic acids is 1. The zero-order valence-electron chi connectivity index (χ0n) is 6.63. The van der Waals surface area contributed by atoms with E-state index in [0.29, 0.717) is 0 Å². The molecule has 0 aromatic heterocycles. The molecule has 0 saturated carbocycles. The van der Waals surface area contributed by atoms with Gasteiger partial charge in [-0.3, -0.25) is 4.79 Å². The fraction of sp³-hybridized carbons (Fsp3) is 0.857. The van der Waals surface area contributed by atoms with Gasteiger partial charge in [-0.2, -0.15) is 0 Å². The van der Waals surface area contributed by atoms with E-state index in [-0.39, 0.29) is 11.9 Å². The smallest absolute Gasteiger partial charge is 0.280 e. The molecule has 1 aliphatic heterocycles. The lowest BCUT2D eigenvalue weighted by atomic mass is 10.2. The number of likely N-dealkylation sites (N-methyl/N-ethyl adjacent to an activating group) is 1. The third kappa shape index (κ3) is 1.48. The number of carbonyl (C=O) groups is 1. The summed E-state index contributed by atoms with van der Waals surface area (Å²) in [6.45, 7) is 1.12. The zero-order chi connectivity index (χ0) is 7.56. The van der Waals surface area contributed by atoms with Gasteiger partial charge < -0.3 is 10.2 Å². The molecule has 0 unspecified atom stereocenters. The predicted molar refractivity (Wildman–Crippen MR) is 38.5 cm³/mol. The van der Waals surface area contributed by atoms with Crippen LogP contribution in [-0.4, -0.2) is 37.5 Å². The average Bonchev–Trinajstić information content (AvgIpc) is 2.36. The van der Waals surface area contributed by atoms with E-state index in [4.69, 9.17) is 0 Å². The SMILES string of the molecule is CN(C)C(=O)[C@@H]1CCC[NH2+]1. The van der Waals surface area contributed by atoms with Gasteiger partial charge in [0.05, 0.1) is 6.54 Å². The number of amides is 1. The van der Waals surface area contributed by atoms with Gasteiger partial charge in [-0.15, -0.1) is 0 Å². The van der Waals surface area contributed by atoms with Gasteiger partial charge in [0, 0.05) is 26.9 Å². The Labute approximate surface area is 61.4 Å². The van der Waals surface area contributed by atoms with Crippen LogP contribution in [0, 0.1) is 0 Å². The Balaban J connectivity index is 2.40. The lowest BCUT2D eigenvalue weighted by molar-refractivity contribution is -0.658. The van der Waals surface area contributed by atoms with Crippen molar-refractivity contribution in [1.29, 1.82) is 0 Å². The van der Waals surface area contributed by atoms with Crippen LogP contribution in [0.5, 0.6) is 0 Å². The maximum atomic E-state index is 11.2. The predicted octanol–water partition coefficient (Wildman–Crippen LogP) is -1.20. The fourth-order valence-corrected chi connectivity index (χ4v) is 1.33. The van der Waals surface area contributed by atoms with Gasteiger partial charge in [0.1, 0.15) is 0 Å². The molecule has 3 heteroatoms. The Bertz CT molecular complexity index is 128. The molecule has 0 radical (unpaired) electrons. The minimum absolute atomic E-state index is 0.218. The minimum Gasteiger partial charge on any atom is -0.344 e. The molecule has 0 spiro atoms. The van der Waals surface area contributed by atoms with Crippen molar-refractivity contribution in [1.82, 2.24) is 4.90 Å². The van der Waals surface area contributed by atoms with E-state index in [1.54, 1.807) is 4.90 Å². The fourth-order valence-electron chi connectivity index (χ4n) is 1.33. The van der Waals surface area contributed by atoms with Crippen molar-refractivity contribution in [3.63, 3.8) is 0 Å². The maximum absolute atomic E-state index is 11.2. The number of hydrogen-bond acceptors (Lipinski definition) is 1. The second kappa shape index (κ2) is 3.01. The first-order chi connectivity index (χ1) is 4.72. The van der Waals surface area contributed by atoms with Crippen LogP contribution >= 0.6 is 0 Å². The lowest BCUT2D eigenvalue weighted by Crippen LogP contribution is -2.89. The number of nitrogens with two attached hydrogens (primary N) is 1. The summed E-state index contributed by atoms with van der Waals surface area (Å²) >= 11 is 0. The van der Waals surface area contributed by atoms with E-state index in [0.717, 1.165) is 13.0 Å². The highest BCUT2D eigenvalue weighted by Gasteiger charge is 2.26. The summed E-state index contributed by atoms with van der Waals surface area (Å²) < 4.78 is 0. The summed E-state index contributed by atoms with van der Waals surface area (Å²) in [6.07, 6.45) is 2.24. The molecule has 1 saturated heterocycles. The van der Waals surface area contributed by atoms with Crippen molar-refractivity contribution >= 4 is 5.91 Å². The Hall–Kier alpha value is -0.570. The lowest BCUT2D eigenvalue weighted by Gasteiger charge is -2.12. The third-order valence-corrected chi connectivity index (χ3v) is 1.93. The van der Waals surface area contributed by atoms with E-state index in [1.165, 1.54) is 6.42 Å². The molecule has 1 rings (SSSR count). The summed E-state index contributed by atoms with van der Waals surface area (Å²) in [5, 5.41) is 2.13. The van der Waals surface area contributed by atoms with Crippen LogP contribution in [0.3, 0.4) is 0 Å². The van der Waals surface area contributed by atoms with E-state index < -0.39 is 0 Å². The molecule has 0 aromatic carbocycles. The molecule has 10 heavy (non-hydrogen) atoms. The highest BCUT2D eigenvalue weighted by molar-refractivity contribution is 5.79. The first-order valence-corrected chi connectivity index (χ1v) is 3.76. The van der Waals surface area contributed by atoms with Crippen molar-refractivity contribution in [2.24, 2.45) is 0 Å². The highest BCUT2D eigenvalue weighted by Crippen LogP contribution is 1.99. The molecule has 1 fully saturated rings. The summed E-state index contributed by atoms with van der Waals surface area (Å²) in [4.78, 5) is 12.9. The number of quaternary nitrogens is 1. The molecule has 1 amide bonds. The second-order valence-electron chi connectivity index (χ2n) is 3.01. The topological polar surface area (TPSA) is 36.9 Å². The van der Waals surface area contributed by atoms with Crippen LogP contribution in [0.2, 0.25) is 0 Å². The van der Waals surface area contributed by atoms with Crippen LogP contribution in [0.4, 0.5) is 0 Å². The molecule has 2 N–H and O–H groups in total. The van der Waals surface area contributed by atoms with Crippen LogP contribution in [-0.2, 0) is 4.79 Å². The summed E-state index contributed by atoms with van der Waals surface area (Å²) in [6, 6.07) is 0.218. The first-order valence-electron chi connectivity index (χ1n) is 3.76. The van der Waals surface area contributed by atoms with E-state index in [1.807, 2.05) is 14.1 Å². The maximum Gasteiger partial charge on any atom is 0.280 e. The van der Waals surface area contributed by atoms with Gasteiger partial charge >= 0.3 is 0 Å². The molecule has 1 aliphatic rings. The van der Waals surface area contributed by atoms with Crippen LogP contribution in [0.15, 0.2) is 0 Å². The number of nitrogens with zero attached hydrogens (tertiary/aromatic N) is 1. The van der Waals surface area contributed by atoms with E-state index >= 15 is 0 Å². The normalized spacial score (nSPS) is 24.8. The first kappa shape index (κ1) is 7.54. The van der Waals surface area contributed by atoms with Crippen molar-refractivity contribution < 1.29 is 10.1 Å². The van der Waals surface area contributed by atoms with E-state index in [9.17, 15) is 4.79 Å². The molecule has 58 valence electrons. The van der Waals surface area contributed by atoms with Gasteiger partial charge in [-0.1, -0.05) is 0 Å². The van der Waals surface area contributed by atoms with Gasteiger partial charge in [0.2, 0.25) is 0 Å². The number of hydrogen-bond donors (Lipinski definition) is 1. The van der Waals surface area contributed by atoms with Crippen molar-refractivity contribution in [3.8, 4) is 0 Å². The Morgan fingerprint density at radius 1 is 1.60 bits per heavy atom. The van der Waals surface area contributed by atoms with Crippen LogP contribution in [0.1, 0.15) is 12.8 Å². The average molecular weight is 143 g/mol. The summed E-state index contributed by atoms with van der Waals surface area (Å²) in [5.41, 5.74) is 0. The molecule has 0 aromatic rings. The van der Waals surface area contributed by atoms with Crippen molar-refractivity contribution in [3.05, 3.63) is 0 Å². The van der Waals surface area contributed by atoms with Gasteiger partial charge in [0.25, 0.3) is 5.91 Å². The molecule has 3 nitrogen and oxygen atoms in total. The minimum atomic E-state index is 0.218.